The third kappa shape index (κ3) is 3.94. The molecule has 0 amide bonds. The molecule has 0 saturated carbocycles. The van der Waals surface area contributed by atoms with E-state index in [0.29, 0.717) is 5.92 Å². The summed E-state index contributed by atoms with van der Waals surface area (Å²) < 4.78 is 0. The van der Waals surface area contributed by atoms with Crippen molar-refractivity contribution in [1.29, 1.82) is 0 Å². The van der Waals surface area contributed by atoms with Gasteiger partial charge in [0.15, 0.2) is 0 Å². The van der Waals surface area contributed by atoms with Gasteiger partial charge in [0.25, 0.3) is 0 Å². The molecule has 0 radical (unpaired) electrons. The highest BCUT2D eigenvalue weighted by Crippen LogP contribution is 2.20. The predicted molar refractivity (Wildman–Crippen MR) is 83.6 cm³/mol. The first kappa shape index (κ1) is 13.8. The van der Waals surface area contributed by atoms with Gasteiger partial charge < -0.3 is 4.90 Å². The summed E-state index contributed by atoms with van der Waals surface area (Å²) in [7, 11) is 2.19. The number of rotatable bonds is 6. The SMILES string of the molecule is CN(Cc1cccs1)CC(CBr)c1ccccc1. The zero-order valence-corrected chi connectivity index (χ0v) is 13.0. The van der Waals surface area contributed by atoms with Gasteiger partial charge in [0.05, 0.1) is 0 Å². The third-order valence-corrected chi connectivity index (χ3v) is 4.64. The summed E-state index contributed by atoms with van der Waals surface area (Å²) in [6, 6.07) is 15.0. The van der Waals surface area contributed by atoms with Gasteiger partial charge in [-0.05, 0) is 24.1 Å². The first-order valence-corrected chi connectivity index (χ1v) is 8.11. The third-order valence-electron chi connectivity index (χ3n) is 3.00. The summed E-state index contributed by atoms with van der Waals surface area (Å²) >= 11 is 5.46. The zero-order chi connectivity index (χ0) is 12.8. The molecule has 1 nitrogen and oxygen atoms in total. The van der Waals surface area contributed by atoms with E-state index in [0.717, 1.165) is 18.4 Å². The second kappa shape index (κ2) is 7.07. The lowest BCUT2D eigenvalue weighted by Gasteiger charge is -2.22. The maximum Gasteiger partial charge on any atom is 0.0325 e. The molecular weight excluding hydrogens is 306 g/mol. The van der Waals surface area contributed by atoms with E-state index in [1.54, 1.807) is 0 Å². The number of hydrogen-bond acceptors (Lipinski definition) is 2. The first-order chi connectivity index (χ1) is 8.79. The Morgan fingerprint density at radius 3 is 2.56 bits per heavy atom. The molecule has 2 aromatic rings. The fraction of sp³-hybridized carbons (Fsp3) is 0.333. The van der Waals surface area contributed by atoms with E-state index < -0.39 is 0 Å². The van der Waals surface area contributed by atoms with Crippen LogP contribution < -0.4 is 0 Å². The van der Waals surface area contributed by atoms with Crippen LogP contribution >= 0.6 is 27.3 Å². The molecule has 0 aliphatic rings. The minimum Gasteiger partial charge on any atom is -0.301 e. The quantitative estimate of drug-likeness (QED) is 0.714. The van der Waals surface area contributed by atoms with Crippen LogP contribution in [0.3, 0.4) is 0 Å². The normalized spacial score (nSPS) is 12.8. The van der Waals surface area contributed by atoms with Crippen LogP contribution in [0.5, 0.6) is 0 Å². The average Bonchev–Trinajstić information content (AvgIpc) is 2.90. The lowest BCUT2D eigenvalue weighted by Crippen LogP contribution is -2.24. The molecule has 96 valence electrons. The Hall–Kier alpha value is -0.640. The van der Waals surface area contributed by atoms with Gasteiger partial charge >= 0.3 is 0 Å². The van der Waals surface area contributed by atoms with Crippen LogP contribution in [0.1, 0.15) is 16.4 Å². The molecule has 2 rings (SSSR count). The van der Waals surface area contributed by atoms with Gasteiger partial charge in [0.2, 0.25) is 0 Å². The van der Waals surface area contributed by atoms with E-state index in [2.05, 4.69) is 75.7 Å². The molecule has 1 heterocycles. The maximum atomic E-state index is 3.63. The van der Waals surface area contributed by atoms with Crippen LogP contribution in [0.15, 0.2) is 47.8 Å². The van der Waals surface area contributed by atoms with Crippen LogP contribution in [0.2, 0.25) is 0 Å². The fourth-order valence-corrected chi connectivity index (χ4v) is 3.44. The van der Waals surface area contributed by atoms with Crippen LogP contribution in [0.4, 0.5) is 0 Å². The van der Waals surface area contributed by atoms with Crippen molar-refractivity contribution in [3.05, 3.63) is 58.3 Å². The fourth-order valence-electron chi connectivity index (χ4n) is 2.08. The summed E-state index contributed by atoms with van der Waals surface area (Å²) in [4.78, 5) is 3.82. The Kier molecular flexibility index (Phi) is 5.42. The molecule has 1 aromatic carbocycles. The van der Waals surface area contributed by atoms with Gasteiger partial charge in [-0.2, -0.15) is 0 Å². The number of benzene rings is 1. The lowest BCUT2D eigenvalue weighted by atomic mass is 10.0. The molecule has 0 saturated heterocycles. The van der Waals surface area contributed by atoms with Gasteiger partial charge in [-0.25, -0.2) is 0 Å². The second-order valence-corrected chi connectivity index (χ2v) is 6.22. The Morgan fingerprint density at radius 2 is 1.94 bits per heavy atom. The van der Waals surface area contributed by atoms with Crippen LogP contribution in [-0.2, 0) is 6.54 Å². The highest BCUT2D eigenvalue weighted by molar-refractivity contribution is 9.09. The highest BCUT2D eigenvalue weighted by atomic mass is 79.9. The van der Waals surface area contributed by atoms with Gasteiger partial charge in [0, 0.05) is 29.2 Å². The molecular formula is C15H18BrNS. The minimum atomic E-state index is 0.552. The van der Waals surface area contributed by atoms with Crippen molar-refractivity contribution in [3.8, 4) is 0 Å². The molecule has 0 fully saturated rings. The standard InChI is InChI=1S/C15H18BrNS/c1-17(12-15-8-5-9-18-15)11-14(10-16)13-6-3-2-4-7-13/h2-9,14H,10-12H2,1H3. The Balaban J connectivity index is 1.94. The number of halogens is 1. The molecule has 0 N–H and O–H groups in total. The van der Waals surface area contributed by atoms with Crippen molar-refractivity contribution in [2.45, 2.75) is 12.5 Å². The number of likely N-dealkylation sites (N-methyl/N-ethyl adjacent to an activating group) is 1. The van der Waals surface area contributed by atoms with Crippen LogP contribution in [0, 0.1) is 0 Å². The first-order valence-electron chi connectivity index (χ1n) is 6.11. The van der Waals surface area contributed by atoms with Crippen LogP contribution in [-0.4, -0.2) is 23.8 Å². The smallest absolute Gasteiger partial charge is 0.0325 e. The summed E-state index contributed by atoms with van der Waals surface area (Å²) in [5.74, 6) is 0.552. The molecule has 0 bridgehead atoms. The Labute approximate surface area is 122 Å². The van der Waals surface area contributed by atoms with Gasteiger partial charge in [-0.15, -0.1) is 11.3 Å². The van der Waals surface area contributed by atoms with Crippen molar-refractivity contribution in [2.75, 3.05) is 18.9 Å². The number of thiophene rings is 1. The highest BCUT2D eigenvalue weighted by Gasteiger charge is 2.12. The molecule has 1 aromatic heterocycles. The van der Waals surface area contributed by atoms with E-state index in [1.807, 2.05) is 11.3 Å². The average molecular weight is 324 g/mol. The summed E-state index contributed by atoms with van der Waals surface area (Å²) in [6.07, 6.45) is 0. The molecule has 0 aliphatic heterocycles. The Bertz CT molecular complexity index is 441. The molecule has 3 heteroatoms. The van der Waals surface area contributed by atoms with Crippen LogP contribution in [0.25, 0.3) is 0 Å². The monoisotopic (exact) mass is 323 g/mol. The molecule has 0 aliphatic carbocycles. The summed E-state index contributed by atoms with van der Waals surface area (Å²) in [6.45, 7) is 2.11. The largest absolute Gasteiger partial charge is 0.301 e. The number of nitrogens with zero attached hydrogens (tertiary/aromatic N) is 1. The van der Waals surface area contributed by atoms with Crippen molar-refractivity contribution in [1.82, 2.24) is 4.90 Å². The predicted octanol–water partition coefficient (Wildman–Crippen LogP) is 4.36. The van der Waals surface area contributed by atoms with Crippen molar-refractivity contribution >= 4 is 27.3 Å². The van der Waals surface area contributed by atoms with Gasteiger partial charge in [0.1, 0.15) is 0 Å². The summed E-state index contributed by atoms with van der Waals surface area (Å²) in [5, 5.41) is 3.15. The van der Waals surface area contributed by atoms with E-state index in [4.69, 9.17) is 0 Å². The van der Waals surface area contributed by atoms with Crippen molar-refractivity contribution in [2.24, 2.45) is 0 Å². The van der Waals surface area contributed by atoms with E-state index in [1.165, 1.54) is 10.4 Å². The summed E-state index contributed by atoms with van der Waals surface area (Å²) in [5.41, 5.74) is 1.41. The van der Waals surface area contributed by atoms with Gasteiger partial charge in [-0.1, -0.05) is 52.3 Å². The molecule has 0 spiro atoms. The molecule has 1 atom stereocenters. The number of alkyl halides is 1. The Morgan fingerprint density at radius 1 is 1.17 bits per heavy atom. The van der Waals surface area contributed by atoms with E-state index in [9.17, 15) is 0 Å². The molecule has 1 unspecified atom stereocenters. The lowest BCUT2D eigenvalue weighted by molar-refractivity contribution is 0.314. The minimum absolute atomic E-state index is 0.552. The van der Waals surface area contributed by atoms with E-state index >= 15 is 0 Å². The van der Waals surface area contributed by atoms with Crippen molar-refractivity contribution < 1.29 is 0 Å². The molecule has 18 heavy (non-hydrogen) atoms. The second-order valence-electron chi connectivity index (χ2n) is 4.54. The zero-order valence-electron chi connectivity index (χ0n) is 10.6. The van der Waals surface area contributed by atoms with Gasteiger partial charge in [-0.3, -0.25) is 0 Å². The maximum absolute atomic E-state index is 3.63. The topological polar surface area (TPSA) is 3.24 Å². The number of hydrogen-bond donors (Lipinski definition) is 0. The van der Waals surface area contributed by atoms with Crippen molar-refractivity contribution in [3.63, 3.8) is 0 Å². The van der Waals surface area contributed by atoms with E-state index in [-0.39, 0.29) is 0 Å².